The number of rotatable bonds is 6. The zero-order valence-electron chi connectivity index (χ0n) is 16.1. The Hall–Kier alpha value is -2.92. The van der Waals surface area contributed by atoms with E-state index in [2.05, 4.69) is 10.2 Å². The minimum atomic E-state index is -4.65. The van der Waals surface area contributed by atoms with Gasteiger partial charge in [-0.25, -0.2) is 4.79 Å². The molecule has 0 amide bonds. The monoisotopic (exact) mass is 473 g/mol. The summed E-state index contributed by atoms with van der Waals surface area (Å²) in [5, 5.41) is 15.3. The lowest BCUT2D eigenvalue weighted by Crippen LogP contribution is -2.29. The third-order valence-electron chi connectivity index (χ3n) is 4.44. The van der Waals surface area contributed by atoms with E-state index in [0.29, 0.717) is 16.9 Å². The van der Waals surface area contributed by atoms with Crippen LogP contribution in [-0.2, 0) is 11.0 Å². The molecule has 0 radical (unpaired) electrons. The maximum atomic E-state index is 13.0. The molecular formula is C19H15ClF3N3O4S. The number of carboxylic acids is 1. The molecule has 12 heteroatoms. The van der Waals surface area contributed by atoms with Crippen LogP contribution in [-0.4, -0.2) is 33.0 Å². The van der Waals surface area contributed by atoms with Gasteiger partial charge in [-0.3, -0.25) is 9.36 Å². The number of carbonyl (C=O) groups is 1. The van der Waals surface area contributed by atoms with Gasteiger partial charge in [-0.1, -0.05) is 29.9 Å². The second-order valence-corrected chi connectivity index (χ2v) is 7.78. The van der Waals surface area contributed by atoms with Crippen LogP contribution in [0.25, 0.3) is 21.7 Å². The first-order valence-corrected chi connectivity index (χ1v) is 10.00. The molecule has 2 aromatic heterocycles. The minimum absolute atomic E-state index is 0.0257. The molecule has 0 saturated heterocycles. The first kappa shape index (κ1) is 22.8. The first-order chi connectivity index (χ1) is 14.6. The summed E-state index contributed by atoms with van der Waals surface area (Å²) in [5.41, 5.74) is 0.162. The minimum Gasteiger partial charge on any atom is -0.495 e. The van der Waals surface area contributed by atoms with Crippen molar-refractivity contribution in [3.8, 4) is 27.4 Å². The number of ether oxygens (including phenoxy) is 1. The van der Waals surface area contributed by atoms with E-state index < -0.39 is 28.8 Å². The fourth-order valence-corrected chi connectivity index (χ4v) is 3.93. The molecule has 1 N–H and O–H groups in total. The van der Waals surface area contributed by atoms with E-state index >= 15 is 0 Å². The fourth-order valence-electron chi connectivity index (χ4n) is 3.01. The van der Waals surface area contributed by atoms with Crippen molar-refractivity contribution in [2.75, 3.05) is 7.11 Å². The molecule has 7 nitrogen and oxygen atoms in total. The van der Waals surface area contributed by atoms with Crippen LogP contribution in [0.4, 0.5) is 13.2 Å². The van der Waals surface area contributed by atoms with Crippen molar-refractivity contribution in [2.24, 2.45) is 0 Å². The van der Waals surface area contributed by atoms with Crippen molar-refractivity contribution in [1.82, 2.24) is 14.8 Å². The molecule has 3 aromatic rings. The van der Waals surface area contributed by atoms with Gasteiger partial charge in [0.25, 0.3) is 5.56 Å². The number of carboxylic acid groups (broad SMARTS) is 1. The number of methoxy groups -OCH3 is 1. The molecule has 31 heavy (non-hydrogen) atoms. The van der Waals surface area contributed by atoms with Crippen LogP contribution >= 0.6 is 22.9 Å². The largest absolute Gasteiger partial charge is 0.495 e. The highest BCUT2D eigenvalue weighted by molar-refractivity contribution is 7.14. The molecule has 1 aromatic carbocycles. The van der Waals surface area contributed by atoms with Gasteiger partial charge in [0.2, 0.25) is 5.01 Å². The van der Waals surface area contributed by atoms with Crippen LogP contribution < -0.4 is 10.3 Å². The average Bonchev–Trinajstić information content (AvgIpc) is 3.19. The number of aliphatic carboxylic acids is 1. The molecule has 164 valence electrons. The Balaban J connectivity index is 2.23. The summed E-state index contributed by atoms with van der Waals surface area (Å²) < 4.78 is 45.3. The Kier molecular flexibility index (Phi) is 6.37. The average molecular weight is 474 g/mol. The topological polar surface area (TPSA) is 94.3 Å². The lowest BCUT2D eigenvalue weighted by molar-refractivity contribution is -0.141. The number of nitrogens with zero attached hydrogens (tertiary/aromatic N) is 3. The maximum Gasteiger partial charge on any atom is 0.445 e. The van der Waals surface area contributed by atoms with Crippen LogP contribution in [0.1, 0.15) is 24.4 Å². The fraction of sp³-hybridized carbons (Fsp3) is 0.263. The summed E-state index contributed by atoms with van der Waals surface area (Å²) in [4.78, 5) is 24.2. The van der Waals surface area contributed by atoms with Crippen LogP contribution in [0.15, 0.2) is 35.3 Å². The van der Waals surface area contributed by atoms with Gasteiger partial charge in [0, 0.05) is 22.2 Å². The summed E-state index contributed by atoms with van der Waals surface area (Å²) in [5.74, 6) is -1.04. The number of benzene rings is 1. The highest BCUT2D eigenvalue weighted by atomic mass is 35.5. The summed E-state index contributed by atoms with van der Waals surface area (Å²) in [6.07, 6.45) is -3.23. The van der Waals surface area contributed by atoms with E-state index in [1.165, 1.54) is 31.5 Å². The zero-order chi connectivity index (χ0) is 22.9. The second-order valence-electron chi connectivity index (χ2n) is 6.36. The molecule has 0 aliphatic carbocycles. The van der Waals surface area contributed by atoms with Gasteiger partial charge in [0.1, 0.15) is 16.8 Å². The van der Waals surface area contributed by atoms with Gasteiger partial charge in [-0.15, -0.1) is 10.2 Å². The lowest BCUT2D eigenvalue weighted by Gasteiger charge is -2.18. The van der Waals surface area contributed by atoms with Gasteiger partial charge in [-0.05, 0) is 30.2 Å². The van der Waals surface area contributed by atoms with E-state index in [4.69, 9.17) is 16.3 Å². The first-order valence-electron chi connectivity index (χ1n) is 8.80. The maximum absolute atomic E-state index is 13.0. The third kappa shape index (κ3) is 4.57. The summed E-state index contributed by atoms with van der Waals surface area (Å²) in [7, 11) is 1.33. The van der Waals surface area contributed by atoms with E-state index in [1.54, 1.807) is 6.92 Å². The standard InChI is InChI=1S/C19H15ClF3N3O4S/c1-3-13(17(28)29)26-8-14(30-2)12(7-15(26)27)11-6-9(20)4-5-10(11)16-24-25-18(31-16)19(21,22)23/h4-8,13H,3H2,1-2H3,(H,28,29). The van der Waals surface area contributed by atoms with Crippen LogP contribution in [0.5, 0.6) is 5.75 Å². The summed E-state index contributed by atoms with van der Waals surface area (Å²) in [6, 6.07) is 4.45. The number of alkyl halides is 3. The smallest absolute Gasteiger partial charge is 0.445 e. The normalized spacial score (nSPS) is 12.6. The van der Waals surface area contributed by atoms with Crippen LogP contribution in [0.3, 0.4) is 0 Å². The Morgan fingerprint density at radius 1 is 1.26 bits per heavy atom. The van der Waals surface area contributed by atoms with Crippen LogP contribution in [0, 0.1) is 0 Å². The number of hydrogen-bond acceptors (Lipinski definition) is 6. The quantitative estimate of drug-likeness (QED) is 0.555. The molecule has 0 bridgehead atoms. The van der Waals surface area contributed by atoms with Crippen LogP contribution in [0.2, 0.25) is 5.02 Å². The number of halogens is 4. The van der Waals surface area contributed by atoms with Gasteiger partial charge < -0.3 is 9.84 Å². The van der Waals surface area contributed by atoms with Crippen molar-refractivity contribution >= 4 is 28.9 Å². The predicted octanol–water partition coefficient (Wildman–Crippen LogP) is 4.75. The van der Waals surface area contributed by atoms with Crippen molar-refractivity contribution in [3.63, 3.8) is 0 Å². The molecule has 3 rings (SSSR count). The molecule has 2 heterocycles. The molecule has 0 fully saturated rings. The van der Waals surface area contributed by atoms with Gasteiger partial charge in [0.15, 0.2) is 0 Å². The number of pyridine rings is 1. The molecule has 1 unspecified atom stereocenters. The van der Waals surface area contributed by atoms with Crippen molar-refractivity contribution in [2.45, 2.75) is 25.6 Å². The Morgan fingerprint density at radius 3 is 2.52 bits per heavy atom. The summed E-state index contributed by atoms with van der Waals surface area (Å²) >= 11 is 6.45. The number of aromatic nitrogens is 3. The molecule has 0 saturated carbocycles. The molecule has 0 aliphatic rings. The van der Waals surface area contributed by atoms with Gasteiger partial charge in [-0.2, -0.15) is 13.2 Å². The lowest BCUT2D eigenvalue weighted by atomic mass is 9.99. The Bertz CT molecular complexity index is 1190. The van der Waals surface area contributed by atoms with E-state index in [0.717, 1.165) is 10.6 Å². The molecule has 1 atom stereocenters. The Morgan fingerprint density at radius 2 is 1.97 bits per heavy atom. The van der Waals surface area contributed by atoms with Gasteiger partial charge >= 0.3 is 12.1 Å². The third-order valence-corrected chi connectivity index (χ3v) is 5.68. The molecule has 0 spiro atoms. The predicted molar refractivity (Wildman–Crippen MR) is 109 cm³/mol. The van der Waals surface area contributed by atoms with E-state index in [1.807, 2.05) is 0 Å². The molecular weight excluding hydrogens is 459 g/mol. The van der Waals surface area contributed by atoms with E-state index in [9.17, 15) is 27.9 Å². The number of hydrogen-bond donors (Lipinski definition) is 1. The van der Waals surface area contributed by atoms with Gasteiger partial charge in [0.05, 0.1) is 13.3 Å². The zero-order valence-corrected chi connectivity index (χ0v) is 17.7. The van der Waals surface area contributed by atoms with Crippen molar-refractivity contribution in [1.29, 1.82) is 0 Å². The Labute approximate surface area is 182 Å². The highest BCUT2D eigenvalue weighted by Gasteiger charge is 2.36. The second kappa shape index (κ2) is 8.67. The van der Waals surface area contributed by atoms with Crippen molar-refractivity contribution in [3.05, 3.63) is 50.8 Å². The SMILES string of the molecule is CCC(C(=O)O)n1cc(OC)c(-c2cc(Cl)ccc2-c2nnc(C(F)(F)F)s2)cc1=O. The highest BCUT2D eigenvalue weighted by Crippen LogP contribution is 2.41. The summed E-state index contributed by atoms with van der Waals surface area (Å²) in [6.45, 7) is 1.62. The van der Waals surface area contributed by atoms with E-state index in [-0.39, 0.29) is 33.3 Å². The molecule has 0 aliphatic heterocycles. The van der Waals surface area contributed by atoms with Crippen molar-refractivity contribution < 1.29 is 27.8 Å².